The van der Waals surface area contributed by atoms with Crippen molar-refractivity contribution in [1.29, 1.82) is 0 Å². The van der Waals surface area contributed by atoms with Crippen LogP contribution in [0.1, 0.15) is 25.3 Å². The summed E-state index contributed by atoms with van der Waals surface area (Å²) in [6, 6.07) is 15.0. The van der Waals surface area contributed by atoms with Gasteiger partial charge in [-0.1, -0.05) is 26.0 Å². The number of anilines is 1. The molecule has 0 unspecified atom stereocenters. The van der Waals surface area contributed by atoms with Crippen molar-refractivity contribution >= 4 is 11.6 Å². The van der Waals surface area contributed by atoms with Crippen LogP contribution in [-0.4, -0.2) is 32.7 Å². The molecule has 3 aromatic rings. The number of hydrogen-bond acceptors (Lipinski definition) is 5. The van der Waals surface area contributed by atoms with Gasteiger partial charge < -0.3 is 10.1 Å². The molecule has 1 N–H and O–H groups in total. The van der Waals surface area contributed by atoms with E-state index in [1.165, 1.54) is 16.6 Å². The highest BCUT2D eigenvalue weighted by Crippen LogP contribution is 2.19. The van der Waals surface area contributed by atoms with Crippen molar-refractivity contribution in [2.45, 2.75) is 19.8 Å². The lowest BCUT2D eigenvalue weighted by molar-refractivity contribution is -0.118. The molecule has 0 fully saturated rings. The first-order valence-corrected chi connectivity index (χ1v) is 7.98. The van der Waals surface area contributed by atoms with Crippen molar-refractivity contribution in [2.75, 3.05) is 11.9 Å². The minimum Gasteiger partial charge on any atom is -0.484 e. The molecule has 0 saturated heterocycles. The van der Waals surface area contributed by atoms with Gasteiger partial charge in [0, 0.05) is 5.69 Å². The van der Waals surface area contributed by atoms with Crippen molar-refractivity contribution in [3.05, 3.63) is 60.4 Å². The van der Waals surface area contributed by atoms with E-state index < -0.39 is 0 Å². The number of hydrogen-bond donors (Lipinski definition) is 1. The molecule has 0 saturated carbocycles. The number of nitrogens with one attached hydrogen (secondary N) is 1. The molecule has 128 valence electrons. The summed E-state index contributed by atoms with van der Waals surface area (Å²) in [5.41, 5.74) is 2.76. The van der Waals surface area contributed by atoms with Crippen LogP contribution >= 0.6 is 0 Å². The lowest BCUT2D eigenvalue weighted by Crippen LogP contribution is -2.20. The summed E-state index contributed by atoms with van der Waals surface area (Å²) in [7, 11) is 0. The van der Waals surface area contributed by atoms with Crippen molar-refractivity contribution in [3.8, 4) is 11.4 Å². The van der Waals surface area contributed by atoms with Gasteiger partial charge in [-0.05, 0) is 58.3 Å². The Balaban J connectivity index is 1.54. The zero-order valence-corrected chi connectivity index (χ0v) is 14.1. The molecule has 0 spiro atoms. The third-order valence-corrected chi connectivity index (χ3v) is 3.66. The van der Waals surface area contributed by atoms with Crippen molar-refractivity contribution in [3.63, 3.8) is 0 Å². The topological polar surface area (TPSA) is 81.9 Å². The van der Waals surface area contributed by atoms with E-state index in [1.54, 1.807) is 12.1 Å². The molecule has 0 aliphatic carbocycles. The SMILES string of the molecule is CC(C)c1cccc(NC(=O)COc2ccc(-n3cnnn3)cc2)c1. The predicted molar refractivity (Wildman–Crippen MR) is 93.8 cm³/mol. The lowest BCUT2D eigenvalue weighted by Gasteiger charge is -2.10. The molecule has 1 amide bonds. The smallest absolute Gasteiger partial charge is 0.262 e. The van der Waals surface area contributed by atoms with E-state index in [2.05, 4.69) is 34.7 Å². The Bertz CT molecular complexity index is 829. The Kier molecular flexibility index (Phi) is 5.03. The highest BCUT2D eigenvalue weighted by Gasteiger charge is 2.06. The Morgan fingerprint density at radius 3 is 2.68 bits per heavy atom. The Morgan fingerprint density at radius 1 is 1.20 bits per heavy atom. The summed E-state index contributed by atoms with van der Waals surface area (Å²) in [5, 5.41) is 13.8. The molecule has 25 heavy (non-hydrogen) atoms. The maximum Gasteiger partial charge on any atom is 0.262 e. The van der Waals surface area contributed by atoms with Gasteiger partial charge in [-0.2, -0.15) is 0 Å². The fourth-order valence-corrected chi connectivity index (χ4v) is 2.30. The molecule has 1 heterocycles. The van der Waals surface area contributed by atoms with Gasteiger partial charge in [0.25, 0.3) is 5.91 Å². The van der Waals surface area contributed by atoms with Gasteiger partial charge in [-0.25, -0.2) is 4.68 Å². The fourth-order valence-electron chi connectivity index (χ4n) is 2.30. The van der Waals surface area contributed by atoms with E-state index in [1.807, 2.05) is 36.4 Å². The number of benzene rings is 2. The molecule has 0 aliphatic heterocycles. The monoisotopic (exact) mass is 337 g/mol. The van der Waals surface area contributed by atoms with Crippen molar-refractivity contribution in [1.82, 2.24) is 20.2 Å². The molecular formula is C18H19N5O2. The summed E-state index contributed by atoms with van der Waals surface area (Å²) >= 11 is 0. The molecule has 0 atom stereocenters. The normalized spacial score (nSPS) is 10.7. The van der Waals surface area contributed by atoms with E-state index >= 15 is 0 Å². The zero-order chi connectivity index (χ0) is 17.6. The van der Waals surface area contributed by atoms with E-state index in [0.29, 0.717) is 11.7 Å². The summed E-state index contributed by atoms with van der Waals surface area (Å²) < 4.78 is 7.06. The van der Waals surface area contributed by atoms with Gasteiger partial charge in [0.1, 0.15) is 12.1 Å². The largest absolute Gasteiger partial charge is 0.484 e. The standard InChI is InChI=1S/C18H19N5O2/c1-13(2)14-4-3-5-15(10-14)20-18(24)11-25-17-8-6-16(7-9-17)23-12-19-21-22-23/h3-10,12-13H,11H2,1-2H3,(H,20,24). The molecule has 1 aromatic heterocycles. The Labute approximate surface area is 145 Å². The summed E-state index contributed by atoms with van der Waals surface area (Å²) in [6.07, 6.45) is 1.51. The van der Waals surface area contributed by atoms with Gasteiger partial charge in [-0.3, -0.25) is 4.79 Å². The first-order valence-electron chi connectivity index (χ1n) is 7.98. The molecular weight excluding hydrogens is 318 g/mol. The second-order valence-electron chi connectivity index (χ2n) is 5.87. The summed E-state index contributed by atoms with van der Waals surface area (Å²) in [6.45, 7) is 4.17. The zero-order valence-electron chi connectivity index (χ0n) is 14.1. The number of nitrogens with zero attached hydrogens (tertiary/aromatic N) is 4. The van der Waals surface area contributed by atoms with Gasteiger partial charge in [-0.15, -0.1) is 5.10 Å². The second-order valence-corrected chi connectivity index (χ2v) is 5.87. The minimum atomic E-state index is -0.203. The number of ether oxygens (including phenoxy) is 1. The van der Waals surface area contributed by atoms with Crippen LogP contribution in [0.4, 0.5) is 5.69 Å². The fraction of sp³-hybridized carbons (Fsp3) is 0.222. The number of carbonyl (C=O) groups excluding carboxylic acids is 1. The molecule has 3 rings (SSSR count). The summed E-state index contributed by atoms with van der Waals surface area (Å²) in [4.78, 5) is 12.1. The van der Waals surface area contributed by atoms with Crippen LogP contribution in [0.15, 0.2) is 54.9 Å². The maximum absolute atomic E-state index is 12.1. The van der Waals surface area contributed by atoms with Gasteiger partial charge in [0.2, 0.25) is 0 Å². The van der Waals surface area contributed by atoms with Crippen molar-refractivity contribution < 1.29 is 9.53 Å². The average Bonchev–Trinajstić information content (AvgIpc) is 3.15. The van der Waals surface area contributed by atoms with Crippen LogP contribution in [0, 0.1) is 0 Å². The second kappa shape index (κ2) is 7.57. The molecule has 0 bridgehead atoms. The number of rotatable bonds is 6. The van der Waals surface area contributed by atoms with Crippen LogP contribution in [0.2, 0.25) is 0 Å². The molecule has 0 aliphatic rings. The van der Waals surface area contributed by atoms with Crippen LogP contribution in [-0.2, 0) is 4.79 Å². The van der Waals surface area contributed by atoms with E-state index in [4.69, 9.17) is 4.74 Å². The van der Waals surface area contributed by atoms with Gasteiger partial charge in [0.05, 0.1) is 5.69 Å². The predicted octanol–water partition coefficient (Wildman–Crippen LogP) is 2.80. The number of carbonyl (C=O) groups is 1. The van der Waals surface area contributed by atoms with Crippen LogP contribution in [0.25, 0.3) is 5.69 Å². The first kappa shape index (κ1) is 16.6. The van der Waals surface area contributed by atoms with Crippen LogP contribution in [0.3, 0.4) is 0 Å². The molecule has 7 nitrogen and oxygen atoms in total. The lowest BCUT2D eigenvalue weighted by atomic mass is 10.0. The number of aromatic nitrogens is 4. The Hall–Kier alpha value is -3.22. The van der Waals surface area contributed by atoms with Crippen molar-refractivity contribution in [2.24, 2.45) is 0 Å². The van der Waals surface area contributed by atoms with E-state index in [9.17, 15) is 4.79 Å². The Morgan fingerprint density at radius 2 is 2.00 bits per heavy atom. The number of tetrazole rings is 1. The molecule has 7 heteroatoms. The highest BCUT2D eigenvalue weighted by molar-refractivity contribution is 5.91. The number of amides is 1. The van der Waals surface area contributed by atoms with Gasteiger partial charge >= 0.3 is 0 Å². The van der Waals surface area contributed by atoms with E-state index in [-0.39, 0.29) is 12.5 Å². The van der Waals surface area contributed by atoms with Gasteiger partial charge in [0.15, 0.2) is 6.61 Å². The van der Waals surface area contributed by atoms with E-state index in [0.717, 1.165) is 11.4 Å². The average molecular weight is 337 g/mol. The molecule has 2 aromatic carbocycles. The third-order valence-electron chi connectivity index (χ3n) is 3.66. The van der Waals surface area contributed by atoms with Crippen LogP contribution < -0.4 is 10.1 Å². The first-order chi connectivity index (χ1) is 12.1. The molecule has 0 radical (unpaired) electrons. The minimum absolute atomic E-state index is 0.0594. The summed E-state index contributed by atoms with van der Waals surface area (Å²) in [5.74, 6) is 0.806. The quantitative estimate of drug-likeness (QED) is 0.748. The van der Waals surface area contributed by atoms with Crippen LogP contribution in [0.5, 0.6) is 5.75 Å². The maximum atomic E-state index is 12.1. The highest BCUT2D eigenvalue weighted by atomic mass is 16.5. The third kappa shape index (κ3) is 4.41.